The maximum Gasteiger partial charge on any atom is 0.313 e. The third-order valence-corrected chi connectivity index (χ3v) is 7.29. The Morgan fingerprint density at radius 1 is 1.03 bits per heavy atom. The normalized spacial score (nSPS) is 20.3. The molecule has 1 saturated heterocycles. The summed E-state index contributed by atoms with van der Waals surface area (Å²) >= 11 is 0. The molecule has 3 aromatic rings. The molecule has 0 aromatic heterocycles. The van der Waals surface area contributed by atoms with Gasteiger partial charge in [0.05, 0.1) is 25.6 Å². The molecule has 1 amide bonds. The van der Waals surface area contributed by atoms with E-state index >= 15 is 0 Å². The lowest BCUT2D eigenvalue weighted by Crippen LogP contribution is -2.31. The molecule has 2 fully saturated rings. The third kappa shape index (κ3) is 5.38. The number of carbonyl (C=O) groups excluding carboxylic acids is 2. The standard InChI is InChI=1S/C31H31NO5/c1-21-14-25-20-37-30(34)31(25,17-21)18-22-8-11-26(12-9-22)32-29(33)16-24-10-13-27(28(15-24)35-2)36-19-23-6-4-3-5-7-23/h3-13,15,25H,1,14,16-20H2,2H3,(H,32,33). The average molecular weight is 498 g/mol. The zero-order chi connectivity index (χ0) is 25.8. The number of carbonyl (C=O) groups is 2. The molecule has 2 aliphatic rings. The number of nitrogens with one attached hydrogen (secondary N) is 1. The highest BCUT2D eigenvalue weighted by Crippen LogP contribution is 2.52. The van der Waals surface area contributed by atoms with Gasteiger partial charge in [-0.15, -0.1) is 0 Å². The molecule has 6 nitrogen and oxygen atoms in total. The van der Waals surface area contributed by atoms with Crippen LogP contribution in [0.3, 0.4) is 0 Å². The van der Waals surface area contributed by atoms with Crippen molar-refractivity contribution in [3.8, 4) is 11.5 Å². The molecule has 0 spiro atoms. The summed E-state index contributed by atoms with van der Waals surface area (Å²) in [4.78, 5) is 25.3. The van der Waals surface area contributed by atoms with Crippen LogP contribution in [0, 0.1) is 11.3 Å². The molecule has 2 atom stereocenters. The Balaban J connectivity index is 1.18. The van der Waals surface area contributed by atoms with Crippen LogP contribution in [0.15, 0.2) is 84.9 Å². The molecule has 1 N–H and O–H groups in total. The maximum absolute atomic E-state index is 12.7. The Kier molecular flexibility index (Phi) is 6.99. The minimum absolute atomic E-state index is 0.111. The molecule has 2 unspecified atom stereocenters. The van der Waals surface area contributed by atoms with Crippen LogP contribution >= 0.6 is 0 Å². The topological polar surface area (TPSA) is 73.9 Å². The Hall–Kier alpha value is -4.06. The maximum atomic E-state index is 12.7. The van der Waals surface area contributed by atoms with E-state index in [1.807, 2.05) is 72.8 Å². The summed E-state index contributed by atoms with van der Waals surface area (Å²) in [6, 6.07) is 23.1. The zero-order valence-corrected chi connectivity index (χ0v) is 21.0. The monoisotopic (exact) mass is 497 g/mol. The highest BCUT2D eigenvalue weighted by molar-refractivity contribution is 5.92. The smallest absolute Gasteiger partial charge is 0.313 e. The number of rotatable bonds is 9. The predicted octanol–water partition coefficient (Wildman–Crippen LogP) is 5.51. The second-order valence-electron chi connectivity index (χ2n) is 9.94. The first kappa shape index (κ1) is 24.6. The summed E-state index contributed by atoms with van der Waals surface area (Å²) in [5.74, 6) is 1.19. The molecule has 6 heteroatoms. The van der Waals surface area contributed by atoms with Gasteiger partial charge < -0.3 is 19.5 Å². The van der Waals surface area contributed by atoms with Crippen LogP contribution in [0.2, 0.25) is 0 Å². The van der Waals surface area contributed by atoms with E-state index in [0.717, 1.165) is 28.7 Å². The Bertz CT molecular complexity index is 1300. The van der Waals surface area contributed by atoms with Crippen molar-refractivity contribution in [3.05, 3.63) is 102 Å². The highest BCUT2D eigenvalue weighted by Gasteiger charge is 2.55. The first-order chi connectivity index (χ1) is 17.9. The molecule has 37 heavy (non-hydrogen) atoms. The van der Waals surface area contributed by atoms with E-state index in [9.17, 15) is 9.59 Å². The van der Waals surface area contributed by atoms with E-state index in [4.69, 9.17) is 14.2 Å². The van der Waals surface area contributed by atoms with E-state index in [1.165, 1.54) is 0 Å². The van der Waals surface area contributed by atoms with Gasteiger partial charge in [0.2, 0.25) is 5.91 Å². The number of benzene rings is 3. The quantitative estimate of drug-likeness (QED) is 0.312. The van der Waals surface area contributed by atoms with Crippen molar-refractivity contribution in [1.29, 1.82) is 0 Å². The van der Waals surface area contributed by atoms with Crippen LogP contribution in [0.25, 0.3) is 0 Å². The van der Waals surface area contributed by atoms with Crippen LogP contribution in [-0.4, -0.2) is 25.6 Å². The van der Waals surface area contributed by atoms with Gasteiger partial charge in [0.25, 0.3) is 0 Å². The molecule has 1 aliphatic heterocycles. The van der Waals surface area contributed by atoms with Crippen molar-refractivity contribution in [2.45, 2.75) is 32.3 Å². The molecular weight excluding hydrogens is 466 g/mol. The summed E-state index contributed by atoms with van der Waals surface area (Å²) in [6.07, 6.45) is 2.37. The summed E-state index contributed by atoms with van der Waals surface area (Å²) in [7, 11) is 1.59. The minimum atomic E-state index is -0.488. The van der Waals surface area contributed by atoms with Gasteiger partial charge in [-0.05, 0) is 60.2 Å². The van der Waals surface area contributed by atoms with E-state index in [-0.39, 0.29) is 24.2 Å². The number of allylic oxidation sites excluding steroid dienone is 1. The molecule has 1 aliphatic carbocycles. The number of ether oxygens (including phenoxy) is 3. The van der Waals surface area contributed by atoms with Crippen molar-refractivity contribution < 1.29 is 23.8 Å². The van der Waals surface area contributed by atoms with Crippen LogP contribution in [0.5, 0.6) is 11.5 Å². The zero-order valence-electron chi connectivity index (χ0n) is 21.0. The summed E-state index contributed by atoms with van der Waals surface area (Å²) in [6.45, 7) is 5.02. The van der Waals surface area contributed by atoms with Crippen molar-refractivity contribution in [2.24, 2.45) is 11.3 Å². The lowest BCUT2D eigenvalue weighted by atomic mass is 9.75. The van der Waals surface area contributed by atoms with Gasteiger partial charge in [-0.1, -0.05) is 60.7 Å². The molecule has 0 bridgehead atoms. The van der Waals surface area contributed by atoms with Gasteiger partial charge in [-0.25, -0.2) is 0 Å². The Morgan fingerprint density at radius 2 is 1.78 bits per heavy atom. The number of anilines is 1. The van der Waals surface area contributed by atoms with Crippen molar-refractivity contribution in [3.63, 3.8) is 0 Å². The van der Waals surface area contributed by atoms with Gasteiger partial charge in [-0.3, -0.25) is 9.59 Å². The average Bonchev–Trinajstić information content (AvgIpc) is 3.37. The molecule has 3 aromatic carbocycles. The van der Waals surface area contributed by atoms with Crippen molar-refractivity contribution in [2.75, 3.05) is 19.0 Å². The molecular formula is C31H31NO5. The summed E-state index contributed by atoms with van der Waals surface area (Å²) in [5, 5.41) is 2.95. The third-order valence-electron chi connectivity index (χ3n) is 7.29. The number of cyclic esters (lactones) is 1. The Labute approximate surface area is 217 Å². The summed E-state index contributed by atoms with van der Waals surface area (Å²) in [5.41, 5.74) is 4.28. The first-order valence-electron chi connectivity index (χ1n) is 12.5. The van der Waals surface area contributed by atoms with Gasteiger partial charge >= 0.3 is 5.97 Å². The molecule has 1 heterocycles. The van der Waals surface area contributed by atoms with Crippen molar-refractivity contribution in [1.82, 2.24) is 0 Å². The number of hydrogen-bond donors (Lipinski definition) is 1. The molecule has 190 valence electrons. The summed E-state index contributed by atoms with van der Waals surface area (Å²) < 4.78 is 16.8. The molecule has 5 rings (SSSR count). The fourth-order valence-corrected chi connectivity index (χ4v) is 5.40. The van der Waals surface area contributed by atoms with E-state index in [0.29, 0.717) is 43.2 Å². The first-order valence-corrected chi connectivity index (χ1v) is 12.5. The fourth-order valence-electron chi connectivity index (χ4n) is 5.40. The van der Waals surface area contributed by atoms with Crippen LogP contribution < -0.4 is 14.8 Å². The predicted molar refractivity (Wildman–Crippen MR) is 142 cm³/mol. The van der Waals surface area contributed by atoms with Crippen LogP contribution in [0.4, 0.5) is 5.69 Å². The minimum Gasteiger partial charge on any atom is -0.493 e. The second kappa shape index (κ2) is 10.5. The lowest BCUT2D eigenvalue weighted by Gasteiger charge is -2.24. The molecule has 0 radical (unpaired) electrons. The van der Waals surface area contributed by atoms with E-state index < -0.39 is 5.41 Å². The number of amides is 1. The van der Waals surface area contributed by atoms with Gasteiger partial charge in [0, 0.05) is 11.6 Å². The van der Waals surface area contributed by atoms with Crippen molar-refractivity contribution >= 4 is 17.6 Å². The highest BCUT2D eigenvalue weighted by atomic mass is 16.5. The number of hydrogen-bond acceptors (Lipinski definition) is 5. The SMILES string of the molecule is C=C1CC2COC(=O)C2(Cc2ccc(NC(=O)Cc3ccc(OCc4ccccc4)c(OC)c3)cc2)C1. The fraction of sp³-hybridized carbons (Fsp3) is 0.290. The van der Waals surface area contributed by atoms with E-state index in [2.05, 4.69) is 11.9 Å². The largest absolute Gasteiger partial charge is 0.493 e. The lowest BCUT2D eigenvalue weighted by molar-refractivity contribution is -0.146. The van der Waals surface area contributed by atoms with Gasteiger partial charge in [0.1, 0.15) is 6.61 Å². The second-order valence-corrected chi connectivity index (χ2v) is 9.94. The van der Waals surface area contributed by atoms with Crippen LogP contribution in [0.1, 0.15) is 29.5 Å². The number of methoxy groups -OCH3 is 1. The number of esters is 1. The van der Waals surface area contributed by atoms with Crippen LogP contribution in [-0.2, 0) is 33.8 Å². The molecule has 1 saturated carbocycles. The van der Waals surface area contributed by atoms with Gasteiger partial charge in [-0.2, -0.15) is 0 Å². The van der Waals surface area contributed by atoms with E-state index in [1.54, 1.807) is 7.11 Å². The van der Waals surface area contributed by atoms with Gasteiger partial charge in [0.15, 0.2) is 11.5 Å². The Morgan fingerprint density at radius 3 is 2.54 bits per heavy atom. The number of fused-ring (bicyclic) bond motifs is 1.